The second kappa shape index (κ2) is 10.8. The van der Waals surface area contributed by atoms with E-state index >= 15 is 0 Å². The van der Waals surface area contributed by atoms with Crippen molar-refractivity contribution >= 4 is 50.5 Å². The summed E-state index contributed by atoms with van der Waals surface area (Å²) in [6.07, 6.45) is 0. The van der Waals surface area contributed by atoms with Crippen LogP contribution in [0.5, 0.6) is 0 Å². The molecule has 1 aliphatic heterocycles. The van der Waals surface area contributed by atoms with Crippen LogP contribution in [0.3, 0.4) is 0 Å². The third-order valence-corrected chi connectivity index (χ3v) is 8.64. The Balaban J connectivity index is 1.53. The first-order chi connectivity index (χ1) is 17.2. The number of benzene rings is 2. The molecule has 1 N–H and O–H groups in total. The predicted molar refractivity (Wildman–Crippen MR) is 133 cm³/mol. The zero-order valence-electron chi connectivity index (χ0n) is 18.8. The van der Waals surface area contributed by atoms with Crippen molar-refractivity contribution in [1.82, 2.24) is 15.1 Å². The molecule has 0 unspecified atom stereocenters. The van der Waals surface area contributed by atoms with E-state index in [0.717, 1.165) is 35.6 Å². The van der Waals surface area contributed by atoms with Crippen molar-refractivity contribution in [2.75, 3.05) is 26.2 Å². The lowest BCUT2D eigenvalue weighted by molar-refractivity contribution is -0.132. The maximum Gasteiger partial charge on any atom is 0.262 e. The topological polar surface area (TPSA) is 104 Å². The van der Waals surface area contributed by atoms with Crippen LogP contribution in [0.1, 0.15) is 20.0 Å². The van der Waals surface area contributed by atoms with Gasteiger partial charge in [0, 0.05) is 36.8 Å². The van der Waals surface area contributed by atoms with E-state index in [0.29, 0.717) is 10.6 Å². The van der Waals surface area contributed by atoms with Crippen molar-refractivity contribution in [3.05, 3.63) is 87.3 Å². The highest BCUT2D eigenvalue weighted by molar-refractivity contribution is 7.92. The van der Waals surface area contributed by atoms with Gasteiger partial charge in [-0.3, -0.25) is 14.4 Å². The van der Waals surface area contributed by atoms with Crippen molar-refractivity contribution in [2.24, 2.45) is 0 Å². The molecule has 1 aromatic heterocycles. The molecule has 12 heteroatoms. The van der Waals surface area contributed by atoms with Crippen LogP contribution >= 0.6 is 22.9 Å². The lowest BCUT2D eigenvalue weighted by atomic mass is 10.2. The van der Waals surface area contributed by atoms with E-state index in [9.17, 15) is 27.2 Å². The van der Waals surface area contributed by atoms with E-state index < -0.39 is 32.8 Å². The molecule has 8 nitrogen and oxygen atoms in total. The van der Waals surface area contributed by atoms with Gasteiger partial charge < -0.3 is 15.1 Å². The van der Waals surface area contributed by atoms with Gasteiger partial charge in [0.2, 0.25) is 15.2 Å². The van der Waals surface area contributed by atoms with Crippen LogP contribution in [0.25, 0.3) is 0 Å². The lowest BCUT2D eigenvalue weighted by Crippen LogP contribution is -2.57. The first-order valence-corrected chi connectivity index (χ1v) is 13.6. The molecule has 2 aromatic carbocycles. The quantitative estimate of drug-likeness (QED) is 0.476. The van der Waals surface area contributed by atoms with E-state index in [2.05, 4.69) is 5.32 Å². The Kier molecular flexibility index (Phi) is 7.72. The Morgan fingerprint density at radius 3 is 2.11 bits per heavy atom. The number of piperazine rings is 1. The van der Waals surface area contributed by atoms with Gasteiger partial charge in [-0.15, -0.1) is 11.3 Å². The van der Waals surface area contributed by atoms with Gasteiger partial charge in [-0.25, -0.2) is 12.8 Å². The van der Waals surface area contributed by atoms with E-state index in [1.807, 2.05) is 0 Å². The number of thiophene rings is 1. The van der Waals surface area contributed by atoms with Gasteiger partial charge in [0.05, 0.1) is 9.77 Å². The molecule has 0 saturated carbocycles. The van der Waals surface area contributed by atoms with Gasteiger partial charge in [-0.05, 0) is 60.0 Å². The largest absolute Gasteiger partial charge is 0.336 e. The number of rotatable bonds is 6. The molecule has 36 heavy (non-hydrogen) atoms. The molecular weight excluding hydrogens is 529 g/mol. The molecule has 4 rings (SSSR count). The molecule has 3 aromatic rings. The molecule has 1 atom stereocenters. The van der Waals surface area contributed by atoms with Crippen molar-refractivity contribution < 1.29 is 27.2 Å². The molecule has 0 spiro atoms. The maximum atomic E-state index is 13.4. The highest BCUT2D eigenvalue weighted by atomic mass is 35.5. The van der Waals surface area contributed by atoms with Crippen LogP contribution in [-0.4, -0.2) is 67.5 Å². The number of nitrogens with zero attached hydrogens (tertiary/aromatic N) is 2. The number of hydrogen-bond acceptors (Lipinski definition) is 6. The summed E-state index contributed by atoms with van der Waals surface area (Å²) in [7, 11) is -4.41. The normalized spacial score (nSPS) is 14.8. The first-order valence-electron chi connectivity index (χ1n) is 10.8. The van der Waals surface area contributed by atoms with Crippen molar-refractivity contribution in [3.8, 4) is 0 Å². The van der Waals surface area contributed by atoms with E-state index in [-0.39, 0.29) is 41.9 Å². The molecule has 0 radical (unpaired) electrons. The summed E-state index contributed by atoms with van der Waals surface area (Å²) in [6.45, 7) is 0.496. The van der Waals surface area contributed by atoms with Gasteiger partial charge in [0.25, 0.3) is 17.7 Å². The Hall–Kier alpha value is -3.28. The Labute approximate surface area is 216 Å². The van der Waals surface area contributed by atoms with E-state index in [1.165, 1.54) is 11.0 Å². The highest BCUT2D eigenvalue weighted by Gasteiger charge is 2.39. The zero-order chi connectivity index (χ0) is 25.9. The SMILES string of the molecule is O=C(N[C@H](C(=O)N1CCN(C(=O)c2ccc(Cl)cc2)CC1)S(=O)(=O)c1ccc(F)cc1)c1cccs1. The number of carbonyl (C=O) groups excluding carboxylic acids is 3. The van der Waals surface area contributed by atoms with E-state index in [1.54, 1.807) is 40.6 Å². The minimum Gasteiger partial charge on any atom is -0.336 e. The number of halogens is 2. The zero-order valence-corrected chi connectivity index (χ0v) is 21.2. The van der Waals surface area contributed by atoms with Crippen LogP contribution < -0.4 is 5.32 Å². The van der Waals surface area contributed by atoms with Crippen molar-refractivity contribution in [3.63, 3.8) is 0 Å². The number of nitrogens with one attached hydrogen (secondary N) is 1. The summed E-state index contributed by atoms with van der Waals surface area (Å²) >= 11 is 6.97. The monoisotopic (exact) mass is 549 g/mol. The van der Waals surface area contributed by atoms with Crippen molar-refractivity contribution in [2.45, 2.75) is 10.3 Å². The standard InChI is InChI=1S/C24H21ClFN3O5S2/c25-17-5-3-16(4-6-17)23(31)28-11-13-29(14-12-28)24(32)22(27-21(30)20-2-1-15-35-20)36(33,34)19-9-7-18(26)8-10-19/h1-10,15,22H,11-14H2,(H,27,30)/t22-/m0/s1. The molecular formula is C24H21ClFN3O5S2. The average Bonchev–Trinajstić information content (AvgIpc) is 3.42. The van der Waals surface area contributed by atoms with Crippen molar-refractivity contribution in [1.29, 1.82) is 0 Å². The van der Waals surface area contributed by atoms with Crippen LogP contribution in [-0.2, 0) is 14.6 Å². The maximum absolute atomic E-state index is 13.4. The molecule has 1 fully saturated rings. The van der Waals surface area contributed by atoms with Gasteiger partial charge in [0.1, 0.15) is 5.82 Å². The fourth-order valence-corrected chi connectivity index (χ4v) is 5.92. The van der Waals surface area contributed by atoms with Gasteiger partial charge >= 0.3 is 0 Å². The summed E-state index contributed by atoms with van der Waals surface area (Å²) < 4.78 is 40.1. The summed E-state index contributed by atoms with van der Waals surface area (Å²) in [5, 5.41) is 2.57. The summed E-state index contributed by atoms with van der Waals surface area (Å²) in [6, 6.07) is 13.6. The summed E-state index contributed by atoms with van der Waals surface area (Å²) in [4.78, 5) is 41.7. The molecule has 0 aliphatic carbocycles. The molecule has 2 heterocycles. The van der Waals surface area contributed by atoms with Crippen LogP contribution in [0.2, 0.25) is 5.02 Å². The Morgan fingerprint density at radius 1 is 0.917 bits per heavy atom. The molecule has 0 bridgehead atoms. The third-order valence-electron chi connectivity index (χ3n) is 5.65. The fraction of sp³-hybridized carbons (Fsp3) is 0.208. The van der Waals surface area contributed by atoms with Gasteiger partial charge in [-0.2, -0.15) is 0 Å². The molecule has 3 amide bonds. The highest BCUT2D eigenvalue weighted by Crippen LogP contribution is 2.20. The smallest absolute Gasteiger partial charge is 0.262 e. The van der Waals surface area contributed by atoms with Crippen LogP contribution in [0.15, 0.2) is 70.9 Å². The van der Waals surface area contributed by atoms with Crippen LogP contribution in [0, 0.1) is 5.82 Å². The molecule has 1 saturated heterocycles. The molecule has 188 valence electrons. The van der Waals surface area contributed by atoms with Gasteiger partial charge in [-0.1, -0.05) is 17.7 Å². The lowest BCUT2D eigenvalue weighted by Gasteiger charge is -2.36. The summed E-state index contributed by atoms with van der Waals surface area (Å²) in [5.41, 5.74) is 0.444. The average molecular weight is 550 g/mol. The molecule has 1 aliphatic rings. The predicted octanol–water partition coefficient (Wildman–Crippen LogP) is 3.06. The second-order valence-corrected chi connectivity index (χ2v) is 11.4. The van der Waals surface area contributed by atoms with Crippen LogP contribution in [0.4, 0.5) is 4.39 Å². The third kappa shape index (κ3) is 5.58. The number of hydrogen-bond donors (Lipinski definition) is 1. The number of sulfone groups is 1. The fourth-order valence-electron chi connectivity index (χ4n) is 3.70. The minimum absolute atomic E-state index is 0.0719. The Bertz CT molecular complexity index is 1360. The first kappa shape index (κ1) is 25.8. The van der Waals surface area contributed by atoms with E-state index in [4.69, 9.17) is 11.6 Å². The Morgan fingerprint density at radius 2 is 1.53 bits per heavy atom. The number of amides is 3. The minimum atomic E-state index is -4.41. The van der Waals surface area contributed by atoms with Gasteiger partial charge in [0.15, 0.2) is 0 Å². The number of carbonyl (C=O) groups is 3. The summed E-state index contributed by atoms with van der Waals surface area (Å²) in [5.74, 6) is -2.42. The second-order valence-electron chi connectivity index (χ2n) is 7.95.